The number of nitrogens with two attached hydrogens (primary N) is 1. The lowest BCUT2D eigenvalue weighted by Crippen LogP contribution is -2.38. The van der Waals surface area contributed by atoms with E-state index in [-0.39, 0.29) is 34.2 Å². The molecule has 3 N–H and O–H groups in total. The van der Waals surface area contributed by atoms with Gasteiger partial charge in [0.25, 0.3) is 15.9 Å². The Balaban J connectivity index is 1.69. The van der Waals surface area contributed by atoms with Gasteiger partial charge in [-0.3, -0.25) is 13.9 Å². The van der Waals surface area contributed by atoms with Crippen molar-refractivity contribution in [2.45, 2.75) is 4.90 Å². The highest BCUT2D eigenvalue weighted by atomic mass is 32.2. The predicted molar refractivity (Wildman–Crippen MR) is 122 cm³/mol. The molecule has 1 aliphatic heterocycles. The van der Waals surface area contributed by atoms with Crippen molar-refractivity contribution in [2.75, 3.05) is 29.4 Å². The van der Waals surface area contributed by atoms with Crippen molar-refractivity contribution in [1.29, 1.82) is 0 Å². The minimum absolute atomic E-state index is 0.0582. The number of amides is 2. The van der Waals surface area contributed by atoms with Crippen LogP contribution in [0.3, 0.4) is 0 Å². The molecule has 9 nitrogen and oxygen atoms in total. The maximum absolute atomic E-state index is 14.0. The van der Waals surface area contributed by atoms with Crippen molar-refractivity contribution in [3.05, 3.63) is 78.1 Å². The van der Waals surface area contributed by atoms with Crippen LogP contribution in [0.5, 0.6) is 11.5 Å². The SMILES string of the molecule is NC(=O)c1ccccc1NC(=O)CN(c1cccc(F)c1)S(=O)(=O)c1ccc2c(c1)OCCO2. The predicted octanol–water partition coefficient (Wildman–Crippen LogP) is 2.53. The number of nitrogens with zero attached hydrogens (tertiary/aromatic N) is 1. The van der Waals surface area contributed by atoms with Gasteiger partial charge in [0, 0.05) is 6.07 Å². The number of hydrogen-bond donors (Lipinski definition) is 2. The number of carbonyl (C=O) groups excluding carboxylic acids is 2. The first kappa shape index (κ1) is 23.1. The van der Waals surface area contributed by atoms with Crippen LogP contribution in [0.25, 0.3) is 0 Å². The molecule has 0 aromatic heterocycles. The van der Waals surface area contributed by atoms with Crippen molar-refractivity contribution in [1.82, 2.24) is 0 Å². The molecular weight excluding hydrogens is 465 g/mol. The van der Waals surface area contributed by atoms with E-state index in [4.69, 9.17) is 15.2 Å². The van der Waals surface area contributed by atoms with Crippen LogP contribution < -0.4 is 24.8 Å². The van der Waals surface area contributed by atoms with Crippen molar-refractivity contribution in [2.24, 2.45) is 5.73 Å². The second-order valence-electron chi connectivity index (χ2n) is 7.26. The van der Waals surface area contributed by atoms with E-state index in [0.717, 1.165) is 16.4 Å². The molecule has 0 saturated carbocycles. The number of para-hydroxylation sites is 1. The number of carbonyl (C=O) groups is 2. The van der Waals surface area contributed by atoms with Gasteiger partial charge in [-0.25, -0.2) is 12.8 Å². The standard InChI is InChI=1S/C23H20FN3O6S/c24-15-4-3-5-16(12-15)27(14-22(28)26-19-7-2-1-6-18(19)23(25)29)34(30,31)17-8-9-20-21(13-17)33-11-10-32-20/h1-9,12-13H,10-11,14H2,(H2,25,29)(H,26,28). The third-order valence-electron chi connectivity index (χ3n) is 4.95. The first-order valence-corrected chi connectivity index (χ1v) is 11.6. The highest BCUT2D eigenvalue weighted by Gasteiger charge is 2.29. The van der Waals surface area contributed by atoms with Gasteiger partial charge in [0.2, 0.25) is 5.91 Å². The summed E-state index contributed by atoms with van der Waals surface area (Å²) in [5, 5.41) is 2.50. The Morgan fingerprint density at radius 2 is 1.71 bits per heavy atom. The summed E-state index contributed by atoms with van der Waals surface area (Å²) < 4.78 is 52.7. The van der Waals surface area contributed by atoms with E-state index < -0.39 is 34.2 Å². The zero-order valence-corrected chi connectivity index (χ0v) is 18.5. The Kier molecular flexibility index (Phi) is 6.37. The molecule has 0 atom stereocenters. The number of rotatable bonds is 7. The summed E-state index contributed by atoms with van der Waals surface area (Å²) in [4.78, 5) is 24.3. The molecule has 176 valence electrons. The Bertz CT molecular complexity index is 1360. The third-order valence-corrected chi connectivity index (χ3v) is 6.72. The quantitative estimate of drug-likeness (QED) is 0.529. The zero-order chi connectivity index (χ0) is 24.3. The molecule has 0 spiro atoms. The second kappa shape index (κ2) is 9.40. The number of anilines is 2. The molecule has 1 aliphatic rings. The van der Waals surface area contributed by atoms with Crippen LogP contribution in [0.4, 0.5) is 15.8 Å². The summed E-state index contributed by atoms with van der Waals surface area (Å²) >= 11 is 0. The molecule has 1 heterocycles. The number of sulfonamides is 1. The lowest BCUT2D eigenvalue weighted by molar-refractivity contribution is -0.114. The number of hydrogen-bond acceptors (Lipinski definition) is 6. The molecule has 3 aromatic carbocycles. The average molecular weight is 485 g/mol. The summed E-state index contributed by atoms with van der Waals surface area (Å²) in [6.07, 6.45) is 0. The van der Waals surface area contributed by atoms with Gasteiger partial charge in [0.05, 0.1) is 21.8 Å². The molecule has 0 aliphatic carbocycles. The van der Waals surface area contributed by atoms with Gasteiger partial charge in [-0.2, -0.15) is 0 Å². The van der Waals surface area contributed by atoms with E-state index in [1.807, 2.05) is 0 Å². The minimum atomic E-state index is -4.34. The topological polar surface area (TPSA) is 128 Å². The first-order valence-electron chi connectivity index (χ1n) is 10.1. The van der Waals surface area contributed by atoms with Crippen LogP contribution in [-0.4, -0.2) is 40.0 Å². The van der Waals surface area contributed by atoms with Gasteiger partial charge >= 0.3 is 0 Å². The first-order chi connectivity index (χ1) is 16.3. The van der Waals surface area contributed by atoms with Crippen LogP contribution >= 0.6 is 0 Å². The van der Waals surface area contributed by atoms with Crippen molar-refractivity contribution < 1.29 is 31.9 Å². The monoisotopic (exact) mass is 485 g/mol. The molecule has 3 aromatic rings. The fraction of sp³-hybridized carbons (Fsp3) is 0.130. The second-order valence-corrected chi connectivity index (χ2v) is 9.12. The number of ether oxygens (including phenoxy) is 2. The maximum Gasteiger partial charge on any atom is 0.264 e. The van der Waals surface area contributed by atoms with E-state index in [2.05, 4.69) is 5.32 Å². The molecule has 0 saturated heterocycles. The van der Waals surface area contributed by atoms with Gasteiger partial charge in [-0.05, 0) is 42.5 Å². The van der Waals surface area contributed by atoms with E-state index >= 15 is 0 Å². The highest BCUT2D eigenvalue weighted by molar-refractivity contribution is 7.92. The number of halogens is 1. The Morgan fingerprint density at radius 3 is 2.44 bits per heavy atom. The van der Waals surface area contributed by atoms with Crippen LogP contribution in [0, 0.1) is 5.82 Å². The van der Waals surface area contributed by atoms with Gasteiger partial charge in [-0.15, -0.1) is 0 Å². The molecule has 2 amide bonds. The summed E-state index contributed by atoms with van der Waals surface area (Å²) in [5.74, 6) is -1.57. The van der Waals surface area contributed by atoms with Crippen LogP contribution in [0.15, 0.2) is 71.6 Å². The van der Waals surface area contributed by atoms with E-state index in [0.29, 0.717) is 12.4 Å². The van der Waals surface area contributed by atoms with E-state index in [9.17, 15) is 22.4 Å². The lowest BCUT2D eigenvalue weighted by atomic mass is 10.1. The Labute approximate surface area is 194 Å². The van der Waals surface area contributed by atoms with Crippen molar-refractivity contribution in [3.8, 4) is 11.5 Å². The molecule has 4 rings (SSSR count). The molecule has 0 fully saturated rings. The Morgan fingerprint density at radius 1 is 0.971 bits per heavy atom. The minimum Gasteiger partial charge on any atom is -0.486 e. The summed E-state index contributed by atoms with van der Waals surface area (Å²) in [7, 11) is -4.34. The van der Waals surface area contributed by atoms with Gasteiger partial charge < -0.3 is 20.5 Å². The largest absolute Gasteiger partial charge is 0.486 e. The van der Waals surface area contributed by atoms with Crippen molar-refractivity contribution in [3.63, 3.8) is 0 Å². The number of primary amides is 1. The molecule has 11 heteroatoms. The summed E-state index contributed by atoms with van der Waals surface area (Å²) in [6, 6.07) is 14.9. The van der Waals surface area contributed by atoms with E-state index in [1.54, 1.807) is 12.1 Å². The molecule has 34 heavy (non-hydrogen) atoms. The van der Waals surface area contributed by atoms with Crippen molar-refractivity contribution >= 4 is 33.2 Å². The van der Waals surface area contributed by atoms with Crippen LogP contribution in [0.2, 0.25) is 0 Å². The maximum atomic E-state index is 14.0. The van der Waals surface area contributed by atoms with Crippen LogP contribution in [0.1, 0.15) is 10.4 Å². The normalized spacial score (nSPS) is 12.6. The van der Waals surface area contributed by atoms with Gasteiger partial charge in [0.15, 0.2) is 11.5 Å². The third kappa shape index (κ3) is 4.79. The summed E-state index contributed by atoms with van der Waals surface area (Å²) in [6.45, 7) is -0.111. The van der Waals surface area contributed by atoms with Crippen LogP contribution in [-0.2, 0) is 14.8 Å². The zero-order valence-electron chi connectivity index (χ0n) is 17.7. The highest BCUT2D eigenvalue weighted by Crippen LogP contribution is 2.34. The van der Waals surface area contributed by atoms with E-state index in [1.165, 1.54) is 42.5 Å². The smallest absolute Gasteiger partial charge is 0.264 e. The lowest BCUT2D eigenvalue weighted by Gasteiger charge is -2.25. The number of fused-ring (bicyclic) bond motifs is 1. The Hall–Kier alpha value is -4.12. The van der Waals surface area contributed by atoms with Gasteiger partial charge in [-0.1, -0.05) is 18.2 Å². The molecule has 0 unspecified atom stereocenters. The number of nitrogens with one attached hydrogen (secondary N) is 1. The summed E-state index contributed by atoms with van der Waals surface area (Å²) in [5.41, 5.74) is 5.46. The van der Waals surface area contributed by atoms with Gasteiger partial charge in [0.1, 0.15) is 25.6 Å². The average Bonchev–Trinajstić information content (AvgIpc) is 2.82. The number of benzene rings is 3. The fourth-order valence-electron chi connectivity index (χ4n) is 3.38. The molecule has 0 radical (unpaired) electrons. The molecule has 0 bridgehead atoms. The fourth-order valence-corrected chi connectivity index (χ4v) is 4.81. The molecular formula is C23H20FN3O6S.